The summed E-state index contributed by atoms with van der Waals surface area (Å²) in [5.41, 5.74) is 0.877. The minimum absolute atomic E-state index is 0.0779. The van der Waals surface area contributed by atoms with Crippen molar-refractivity contribution in [2.45, 2.75) is 38.1 Å². The number of nitrogens with one attached hydrogen (secondary N) is 1. The molecule has 0 amide bonds. The largest absolute Gasteiger partial charge is 0.506 e. The van der Waals surface area contributed by atoms with E-state index in [1.54, 1.807) is 6.07 Å². The molecular weight excluding hydrogens is 347 g/mol. The van der Waals surface area contributed by atoms with Gasteiger partial charge in [-0.2, -0.15) is 0 Å². The maximum Gasteiger partial charge on any atom is 0.141 e. The van der Waals surface area contributed by atoms with E-state index in [2.05, 4.69) is 26.1 Å². The second-order valence-electron chi connectivity index (χ2n) is 6.43. The van der Waals surface area contributed by atoms with Gasteiger partial charge >= 0.3 is 0 Å². The fourth-order valence-electron chi connectivity index (χ4n) is 3.95. The molecule has 122 valence electrons. The van der Waals surface area contributed by atoms with Crippen LogP contribution in [-0.4, -0.2) is 36.2 Å². The van der Waals surface area contributed by atoms with Gasteiger partial charge in [0.15, 0.2) is 0 Å². The lowest BCUT2D eigenvalue weighted by Crippen LogP contribution is -2.47. The molecule has 2 fully saturated rings. The molecule has 3 rings (SSSR count). The van der Waals surface area contributed by atoms with Crippen LogP contribution >= 0.6 is 15.9 Å². The standard InChI is InChI=1S/C17H24BrFN2O/c18-15-14(19)7-6-13(17(15)22)16(12-4-2-1-3-5-12)21-10-8-20-9-11-21/h6-7,12,16,20,22H,1-5,8-11H2/t16-/m1/s1. The van der Waals surface area contributed by atoms with Gasteiger partial charge in [0.1, 0.15) is 11.6 Å². The molecule has 22 heavy (non-hydrogen) atoms. The van der Waals surface area contributed by atoms with Crippen LogP contribution in [0.15, 0.2) is 16.6 Å². The molecule has 1 aliphatic carbocycles. The highest BCUT2D eigenvalue weighted by atomic mass is 79.9. The minimum Gasteiger partial charge on any atom is -0.506 e. The molecule has 0 bridgehead atoms. The molecule has 1 aromatic rings. The summed E-state index contributed by atoms with van der Waals surface area (Å²) in [7, 11) is 0. The van der Waals surface area contributed by atoms with Crippen molar-refractivity contribution in [1.29, 1.82) is 0 Å². The normalized spacial score (nSPS) is 22.6. The van der Waals surface area contributed by atoms with Crippen LogP contribution in [0.1, 0.15) is 43.7 Å². The van der Waals surface area contributed by atoms with E-state index < -0.39 is 5.82 Å². The lowest BCUT2D eigenvalue weighted by atomic mass is 9.80. The molecule has 5 heteroatoms. The lowest BCUT2D eigenvalue weighted by molar-refractivity contribution is 0.101. The van der Waals surface area contributed by atoms with Crippen LogP contribution in [0, 0.1) is 11.7 Å². The molecule has 1 heterocycles. The number of benzene rings is 1. The van der Waals surface area contributed by atoms with E-state index in [1.165, 1.54) is 38.2 Å². The molecule has 0 unspecified atom stereocenters. The zero-order valence-corrected chi connectivity index (χ0v) is 14.4. The van der Waals surface area contributed by atoms with Gasteiger partial charge in [-0.3, -0.25) is 4.90 Å². The van der Waals surface area contributed by atoms with Crippen LogP contribution < -0.4 is 5.32 Å². The van der Waals surface area contributed by atoms with Crippen LogP contribution in [0.2, 0.25) is 0 Å². The molecule has 0 aromatic heterocycles. The Morgan fingerprint density at radius 1 is 1.18 bits per heavy atom. The van der Waals surface area contributed by atoms with Gasteiger partial charge in [0.05, 0.1) is 4.47 Å². The monoisotopic (exact) mass is 370 g/mol. The molecule has 1 aromatic carbocycles. The van der Waals surface area contributed by atoms with Crippen molar-refractivity contribution in [3.8, 4) is 5.75 Å². The molecule has 3 nitrogen and oxygen atoms in total. The van der Waals surface area contributed by atoms with Gasteiger partial charge in [-0.1, -0.05) is 25.3 Å². The number of nitrogens with zero attached hydrogens (tertiary/aromatic N) is 1. The van der Waals surface area contributed by atoms with Gasteiger partial charge in [0.25, 0.3) is 0 Å². The van der Waals surface area contributed by atoms with Crippen molar-refractivity contribution in [2.24, 2.45) is 5.92 Å². The highest BCUT2D eigenvalue weighted by molar-refractivity contribution is 9.10. The summed E-state index contributed by atoms with van der Waals surface area (Å²) >= 11 is 3.19. The Labute approximate surface area is 140 Å². The van der Waals surface area contributed by atoms with Gasteiger partial charge in [0, 0.05) is 37.8 Å². The highest BCUT2D eigenvalue weighted by Crippen LogP contribution is 2.44. The van der Waals surface area contributed by atoms with Crippen molar-refractivity contribution < 1.29 is 9.50 Å². The topological polar surface area (TPSA) is 35.5 Å². The number of hydrogen-bond donors (Lipinski definition) is 2. The van der Waals surface area contributed by atoms with E-state index in [0.717, 1.165) is 31.7 Å². The average molecular weight is 371 g/mol. The minimum atomic E-state index is -0.399. The van der Waals surface area contributed by atoms with Crippen LogP contribution in [0.4, 0.5) is 4.39 Å². The van der Waals surface area contributed by atoms with Crippen molar-refractivity contribution in [3.05, 3.63) is 28.0 Å². The first-order chi connectivity index (χ1) is 10.7. The van der Waals surface area contributed by atoms with Crippen LogP contribution in [0.25, 0.3) is 0 Å². The predicted octanol–water partition coefficient (Wildman–Crippen LogP) is 3.82. The van der Waals surface area contributed by atoms with E-state index >= 15 is 0 Å². The van der Waals surface area contributed by atoms with E-state index in [1.807, 2.05) is 0 Å². The summed E-state index contributed by atoms with van der Waals surface area (Å²) in [5.74, 6) is 0.230. The van der Waals surface area contributed by atoms with Gasteiger partial charge in [-0.25, -0.2) is 4.39 Å². The number of phenolic OH excluding ortho intramolecular Hbond substituents is 1. The average Bonchev–Trinajstić information content (AvgIpc) is 2.57. The van der Waals surface area contributed by atoms with Gasteiger partial charge < -0.3 is 10.4 Å². The smallest absolute Gasteiger partial charge is 0.141 e. The van der Waals surface area contributed by atoms with Gasteiger partial charge in [-0.15, -0.1) is 0 Å². The number of piperazine rings is 1. The first-order valence-electron chi connectivity index (χ1n) is 8.30. The van der Waals surface area contributed by atoms with Crippen molar-refractivity contribution >= 4 is 15.9 Å². The molecule has 2 N–H and O–H groups in total. The molecule has 1 atom stereocenters. The summed E-state index contributed by atoms with van der Waals surface area (Å²) in [6.45, 7) is 3.92. The van der Waals surface area contributed by atoms with Crippen LogP contribution in [-0.2, 0) is 0 Å². The predicted molar refractivity (Wildman–Crippen MR) is 89.5 cm³/mol. The van der Waals surface area contributed by atoms with E-state index in [9.17, 15) is 9.50 Å². The third-order valence-corrected chi connectivity index (χ3v) is 5.81. The summed E-state index contributed by atoms with van der Waals surface area (Å²) in [5, 5.41) is 13.9. The molecule has 0 radical (unpaired) electrons. The zero-order valence-electron chi connectivity index (χ0n) is 12.8. The number of hydrogen-bond acceptors (Lipinski definition) is 3. The Morgan fingerprint density at radius 3 is 2.55 bits per heavy atom. The Kier molecular flexibility index (Phi) is 5.37. The molecule has 0 spiro atoms. The first kappa shape index (κ1) is 16.2. The third-order valence-electron chi connectivity index (χ3n) is 5.06. The fourth-order valence-corrected chi connectivity index (χ4v) is 4.31. The summed E-state index contributed by atoms with van der Waals surface area (Å²) in [4.78, 5) is 2.46. The van der Waals surface area contributed by atoms with Gasteiger partial charge in [-0.05, 0) is 40.8 Å². The molecule has 1 saturated heterocycles. The SMILES string of the molecule is Oc1c([C@@H](C2CCCCC2)N2CCNCC2)ccc(F)c1Br. The Morgan fingerprint density at radius 2 is 1.86 bits per heavy atom. The van der Waals surface area contributed by atoms with Crippen molar-refractivity contribution in [1.82, 2.24) is 10.2 Å². The van der Waals surface area contributed by atoms with Crippen molar-refractivity contribution in [3.63, 3.8) is 0 Å². The zero-order chi connectivity index (χ0) is 15.5. The fraction of sp³-hybridized carbons (Fsp3) is 0.647. The Bertz CT molecular complexity index is 496. The first-order valence-corrected chi connectivity index (χ1v) is 9.09. The van der Waals surface area contributed by atoms with Crippen LogP contribution in [0.5, 0.6) is 5.75 Å². The Balaban J connectivity index is 1.94. The molecule has 2 aliphatic rings. The second kappa shape index (κ2) is 7.28. The maximum atomic E-state index is 13.7. The maximum absolute atomic E-state index is 13.7. The number of phenols is 1. The van der Waals surface area contributed by atoms with Gasteiger partial charge in [0.2, 0.25) is 0 Å². The quantitative estimate of drug-likeness (QED) is 0.848. The number of halogens is 2. The Hall–Kier alpha value is -0.650. The second-order valence-corrected chi connectivity index (χ2v) is 7.22. The number of aromatic hydroxyl groups is 1. The summed E-state index contributed by atoms with van der Waals surface area (Å²) in [6.07, 6.45) is 6.22. The van der Waals surface area contributed by atoms with Crippen LogP contribution in [0.3, 0.4) is 0 Å². The third kappa shape index (κ3) is 3.31. The van der Waals surface area contributed by atoms with Crippen molar-refractivity contribution in [2.75, 3.05) is 26.2 Å². The molecular formula is C17H24BrFN2O. The summed E-state index contributed by atoms with van der Waals surface area (Å²) in [6, 6.07) is 3.44. The summed E-state index contributed by atoms with van der Waals surface area (Å²) < 4.78 is 13.9. The molecule has 1 saturated carbocycles. The number of rotatable bonds is 3. The van der Waals surface area contributed by atoms with E-state index in [0.29, 0.717) is 5.92 Å². The highest BCUT2D eigenvalue weighted by Gasteiger charge is 2.33. The molecule has 1 aliphatic heterocycles. The lowest BCUT2D eigenvalue weighted by Gasteiger charge is -2.41. The van der Waals surface area contributed by atoms with E-state index in [-0.39, 0.29) is 16.3 Å². The van der Waals surface area contributed by atoms with E-state index in [4.69, 9.17) is 0 Å².